The fraction of sp³-hybridized carbons (Fsp3) is 0.375. The fourth-order valence-corrected chi connectivity index (χ4v) is 0.604. The highest BCUT2D eigenvalue weighted by atomic mass is 16.6. The molecule has 0 aromatic carbocycles. The summed E-state index contributed by atoms with van der Waals surface area (Å²) in [5.74, 6) is -6.91. The molecule has 0 amide bonds. The summed E-state index contributed by atoms with van der Waals surface area (Å²) in [6.45, 7) is -1.94. The van der Waals surface area contributed by atoms with E-state index in [4.69, 9.17) is 10.2 Å². The molecule has 0 fully saturated rings. The quantitative estimate of drug-likeness (QED) is 0.302. The van der Waals surface area contributed by atoms with Gasteiger partial charge in [-0.15, -0.1) is 0 Å². The number of hydrogen-bond donors (Lipinski definition) is 2. The van der Waals surface area contributed by atoms with Crippen molar-refractivity contribution in [2.24, 2.45) is 0 Å². The molecule has 0 unspecified atom stereocenters. The standard InChI is InChI=1S/C8H8O9/c9-4(8(15)17-3-6(12)13)1-7(14)16-2-5(10)11/h1-3H2,(H,10,11)(H,12,13). The van der Waals surface area contributed by atoms with E-state index in [0.717, 1.165) is 0 Å². The largest absolute Gasteiger partial charge is 0.479 e. The molecule has 0 aliphatic carbocycles. The van der Waals surface area contributed by atoms with Crippen LogP contribution in [0.2, 0.25) is 0 Å². The van der Waals surface area contributed by atoms with Crippen molar-refractivity contribution in [3.63, 3.8) is 0 Å². The van der Waals surface area contributed by atoms with E-state index >= 15 is 0 Å². The molecule has 0 saturated heterocycles. The van der Waals surface area contributed by atoms with Gasteiger partial charge in [0, 0.05) is 0 Å². The number of aliphatic carboxylic acids is 2. The third-order valence-electron chi connectivity index (χ3n) is 1.22. The van der Waals surface area contributed by atoms with E-state index in [-0.39, 0.29) is 0 Å². The predicted octanol–water partition coefficient (Wildman–Crippen LogP) is -1.80. The lowest BCUT2D eigenvalue weighted by Gasteiger charge is -2.01. The van der Waals surface area contributed by atoms with Crippen molar-refractivity contribution in [1.82, 2.24) is 0 Å². The summed E-state index contributed by atoms with van der Waals surface area (Å²) in [7, 11) is 0. The lowest BCUT2D eigenvalue weighted by molar-refractivity contribution is -0.163. The number of ketones is 1. The van der Waals surface area contributed by atoms with Gasteiger partial charge in [0.05, 0.1) is 0 Å². The number of rotatable bonds is 7. The monoisotopic (exact) mass is 248 g/mol. The SMILES string of the molecule is O=C(O)COC(=O)CC(=O)C(=O)OCC(=O)O. The van der Waals surface area contributed by atoms with Gasteiger partial charge in [-0.25, -0.2) is 14.4 Å². The third kappa shape index (κ3) is 7.48. The van der Waals surface area contributed by atoms with Crippen molar-refractivity contribution in [2.75, 3.05) is 13.2 Å². The van der Waals surface area contributed by atoms with Crippen LogP contribution >= 0.6 is 0 Å². The van der Waals surface area contributed by atoms with Gasteiger partial charge in [0.15, 0.2) is 13.2 Å². The zero-order valence-corrected chi connectivity index (χ0v) is 8.37. The molecule has 17 heavy (non-hydrogen) atoms. The van der Waals surface area contributed by atoms with Crippen molar-refractivity contribution in [3.05, 3.63) is 0 Å². The van der Waals surface area contributed by atoms with E-state index in [1.54, 1.807) is 0 Å². The Morgan fingerprint density at radius 1 is 0.824 bits per heavy atom. The first-order chi connectivity index (χ1) is 7.82. The minimum atomic E-state index is -1.50. The van der Waals surface area contributed by atoms with E-state index in [1.165, 1.54) is 0 Å². The molecule has 94 valence electrons. The minimum Gasteiger partial charge on any atom is -0.479 e. The van der Waals surface area contributed by atoms with Crippen LogP contribution < -0.4 is 0 Å². The summed E-state index contributed by atoms with van der Waals surface area (Å²) in [6, 6.07) is 0. The summed E-state index contributed by atoms with van der Waals surface area (Å²) < 4.78 is 8.05. The molecule has 0 bridgehead atoms. The molecule has 0 radical (unpaired) electrons. The van der Waals surface area contributed by atoms with E-state index in [2.05, 4.69) is 9.47 Å². The zero-order valence-electron chi connectivity index (χ0n) is 8.37. The highest BCUT2D eigenvalue weighted by Crippen LogP contribution is 1.92. The summed E-state index contributed by atoms with van der Waals surface area (Å²) in [4.78, 5) is 52.4. The second kappa shape index (κ2) is 6.93. The van der Waals surface area contributed by atoms with Crippen LogP contribution in [0.5, 0.6) is 0 Å². The predicted molar refractivity (Wildman–Crippen MR) is 46.8 cm³/mol. The maximum Gasteiger partial charge on any atom is 0.375 e. The van der Waals surface area contributed by atoms with Crippen LogP contribution in [-0.2, 0) is 33.4 Å². The van der Waals surface area contributed by atoms with Gasteiger partial charge in [-0.3, -0.25) is 9.59 Å². The van der Waals surface area contributed by atoms with Gasteiger partial charge in [0.1, 0.15) is 6.42 Å². The second-order valence-electron chi connectivity index (χ2n) is 2.62. The molecule has 0 aliphatic heterocycles. The maximum absolute atomic E-state index is 10.9. The molecular weight excluding hydrogens is 240 g/mol. The first-order valence-electron chi connectivity index (χ1n) is 4.12. The summed E-state index contributed by atoms with van der Waals surface area (Å²) >= 11 is 0. The van der Waals surface area contributed by atoms with Crippen molar-refractivity contribution in [3.8, 4) is 0 Å². The van der Waals surface area contributed by atoms with Crippen LogP contribution in [0.1, 0.15) is 6.42 Å². The molecule has 9 heteroatoms. The van der Waals surface area contributed by atoms with Crippen LogP contribution in [0.25, 0.3) is 0 Å². The lowest BCUT2D eigenvalue weighted by atomic mass is 10.3. The van der Waals surface area contributed by atoms with Gasteiger partial charge in [0.25, 0.3) is 5.78 Å². The Morgan fingerprint density at radius 2 is 1.29 bits per heavy atom. The van der Waals surface area contributed by atoms with E-state index in [9.17, 15) is 24.0 Å². The number of ether oxygens (including phenoxy) is 2. The van der Waals surface area contributed by atoms with Gasteiger partial charge in [-0.05, 0) is 0 Å². The first kappa shape index (κ1) is 14.6. The Hall–Kier alpha value is -2.45. The Balaban J connectivity index is 3.99. The molecule has 0 spiro atoms. The zero-order chi connectivity index (χ0) is 13.4. The van der Waals surface area contributed by atoms with Crippen LogP contribution in [0.15, 0.2) is 0 Å². The first-order valence-corrected chi connectivity index (χ1v) is 4.12. The highest BCUT2D eigenvalue weighted by molar-refractivity contribution is 6.36. The van der Waals surface area contributed by atoms with Crippen molar-refractivity contribution >= 4 is 29.7 Å². The molecule has 9 nitrogen and oxygen atoms in total. The minimum absolute atomic E-state index is 0.934. The highest BCUT2D eigenvalue weighted by Gasteiger charge is 2.21. The van der Waals surface area contributed by atoms with Gasteiger partial charge >= 0.3 is 23.9 Å². The smallest absolute Gasteiger partial charge is 0.375 e. The van der Waals surface area contributed by atoms with Gasteiger partial charge < -0.3 is 19.7 Å². The summed E-state index contributed by atoms with van der Waals surface area (Å²) in [6.07, 6.45) is -1.01. The number of Topliss-reactive ketones (excluding diaryl/α,β-unsaturated/α-hetero) is 1. The Morgan fingerprint density at radius 3 is 1.76 bits per heavy atom. The number of esters is 2. The van der Waals surface area contributed by atoms with Crippen molar-refractivity contribution in [2.45, 2.75) is 6.42 Å². The maximum atomic E-state index is 10.9. The fourth-order valence-electron chi connectivity index (χ4n) is 0.604. The summed E-state index contributed by atoms with van der Waals surface area (Å²) in [5, 5.41) is 16.3. The van der Waals surface area contributed by atoms with Crippen LogP contribution in [0.4, 0.5) is 0 Å². The molecule has 2 N–H and O–H groups in total. The molecule has 0 aromatic rings. The molecule has 0 rings (SSSR count). The molecule has 0 aromatic heterocycles. The average molecular weight is 248 g/mol. The van der Waals surface area contributed by atoms with Crippen LogP contribution in [0, 0.1) is 0 Å². The third-order valence-corrected chi connectivity index (χ3v) is 1.22. The number of hydrogen-bond acceptors (Lipinski definition) is 7. The second-order valence-corrected chi connectivity index (χ2v) is 2.62. The molecular formula is C8H8O9. The van der Waals surface area contributed by atoms with Gasteiger partial charge in [-0.1, -0.05) is 0 Å². The van der Waals surface area contributed by atoms with Gasteiger partial charge in [-0.2, -0.15) is 0 Å². The van der Waals surface area contributed by atoms with Crippen molar-refractivity contribution in [1.29, 1.82) is 0 Å². The van der Waals surface area contributed by atoms with E-state index < -0.39 is 49.3 Å². The topological polar surface area (TPSA) is 144 Å². The normalized spacial score (nSPS) is 9.18. The summed E-state index contributed by atoms with van der Waals surface area (Å²) in [5.41, 5.74) is 0. The number of carboxylic acids is 2. The molecule has 0 atom stereocenters. The van der Waals surface area contributed by atoms with Crippen LogP contribution in [-0.4, -0.2) is 53.1 Å². The average Bonchev–Trinajstić information content (AvgIpc) is 2.22. The number of carbonyl (C=O) groups excluding carboxylic acids is 3. The lowest BCUT2D eigenvalue weighted by Crippen LogP contribution is -2.25. The molecule has 0 aliphatic rings. The Kier molecular flexibility index (Phi) is 5.93. The molecule has 0 heterocycles. The number of carbonyl (C=O) groups is 5. The Labute approximate surface area is 93.9 Å². The van der Waals surface area contributed by atoms with Crippen molar-refractivity contribution < 1.29 is 43.7 Å². The number of carboxylic acid groups (broad SMARTS) is 2. The van der Waals surface area contributed by atoms with E-state index in [0.29, 0.717) is 0 Å². The molecule has 0 saturated carbocycles. The van der Waals surface area contributed by atoms with E-state index in [1.807, 2.05) is 0 Å². The van der Waals surface area contributed by atoms with Crippen LogP contribution in [0.3, 0.4) is 0 Å². The Bertz CT molecular complexity index is 356. The van der Waals surface area contributed by atoms with Gasteiger partial charge in [0.2, 0.25) is 0 Å².